The maximum Gasteiger partial charge on any atom is 0.358 e. The molecular weight excluding hydrogens is 436 g/mol. The second-order valence-corrected chi connectivity index (χ2v) is 7.78. The van der Waals surface area contributed by atoms with Gasteiger partial charge in [0.2, 0.25) is 0 Å². The Morgan fingerprint density at radius 2 is 1.84 bits per heavy atom. The molecule has 0 unspecified atom stereocenters. The fourth-order valence-electron chi connectivity index (χ4n) is 2.88. The minimum absolute atomic E-state index is 0.145. The number of carbonyl (C=O) groups is 2. The van der Waals surface area contributed by atoms with E-state index in [1.807, 2.05) is 30.3 Å². The van der Waals surface area contributed by atoms with Crippen LogP contribution in [0.4, 0.5) is 10.5 Å². The number of nitrogens with one attached hydrogen (secondary N) is 1. The molecule has 0 aliphatic heterocycles. The Kier molecular flexibility index (Phi) is 6.11. The van der Waals surface area contributed by atoms with E-state index in [0.717, 1.165) is 5.56 Å². The number of benzene rings is 2. The highest BCUT2D eigenvalue weighted by atomic mass is 35.5. The summed E-state index contributed by atoms with van der Waals surface area (Å²) in [6, 6.07) is 17.4. The molecule has 0 atom stereocenters. The van der Waals surface area contributed by atoms with Crippen LogP contribution in [0.5, 0.6) is 0 Å². The predicted molar refractivity (Wildman–Crippen MR) is 121 cm³/mol. The average molecular weight is 453 g/mol. The highest BCUT2D eigenvalue weighted by Crippen LogP contribution is 2.36. The first-order valence-corrected chi connectivity index (χ1v) is 10.6. The van der Waals surface area contributed by atoms with Gasteiger partial charge in [0.1, 0.15) is 5.01 Å². The maximum absolute atomic E-state index is 12.9. The smallest absolute Gasteiger partial charge is 0.358 e. The van der Waals surface area contributed by atoms with E-state index in [0.29, 0.717) is 26.3 Å². The number of amides is 1. The van der Waals surface area contributed by atoms with E-state index < -0.39 is 12.0 Å². The first kappa shape index (κ1) is 20.8. The Bertz CT molecular complexity index is 1220. The van der Waals surface area contributed by atoms with Gasteiger partial charge < -0.3 is 10.1 Å². The summed E-state index contributed by atoms with van der Waals surface area (Å²) in [6.07, 6.45) is 1.49. The van der Waals surface area contributed by atoms with Crippen LogP contribution in [0.25, 0.3) is 21.1 Å². The number of thiazole rings is 1. The molecule has 0 saturated carbocycles. The van der Waals surface area contributed by atoms with E-state index in [1.165, 1.54) is 22.2 Å². The third-order valence-electron chi connectivity index (χ3n) is 4.28. The van der Waals surface area contributed by atoms with Crippen LogP contribution in [-0.4, -0.2) is 33.4 Å². The Labute approximate surface area is 187 Å². The highest BCUT2D eigenvalue weighted by Gasteiger charge is 2.25. The van der Waals surface area contributed by atoms with Gasteiger partial charge in [0.25, 0.3) is 0 Å². The normalized spacial score (nSPS) is 10.6. The van der Waals surface area contributed by atoms with Gasteiger partial charge in [0.05, 0.1) is 23.4 Å². The summed E-state index contributed by atoms with van der Waals surface area (Å²) < 4.78 is 6.38. The minimum Gasteiger partial charge on any atom is -0.461 e. The summed E-state index contributed by atoms with van der Waals surface area (Å²) in [5.74, 6) is -0.554. The summed E-state index contributed by atoms with van der Waals surface area (Å²) in [5, 5.41) is 8.11. The van der Waals surface area contributed by atoms with Crippen LogP contribution < -0.4 is 5.32 Å². The van der Waals surface area contributed by atoms with Gasteiger partial charge in [-0.2, -0.15) is 9.78 Å². The highest BCUT2D eigenvalue weighted by molar-refractivity contribution is 7.18. The van der Waals surface area contributed by atoms with Crippen LogP contribution in [0, 0.1) is 0 Å². The zero-order valence-electron chi connectivity index (χ0n) is 16.4. The van der Waals surface area contributed by atoms with Crippen molar-refractivity contribution in [2.45, 2.75) is 6.92 Å². The average Bonchev–Trinajstić information content (AvgIpc) is 3.43. The van der Waals surface area contributed by atoms with Crippen molar-refractivity contribution in [1.29, 1.82) is 0 Å². The zero-order chi connectivity index (χ0) is 21.8. The minimum atomic E-state index is -0.554. The van der Waals surface area contributed by atoms with Crippen molar-refractivity contribution in [3.05, 3.63) is 77.6 Å². The Hall–Kier alpha value is -3.49. The number of hydrogen-bond donors (Lipinski definition) is 1. The van der Waals surface area contributed by atoms with Crippen molar-refractivity contribution >= 4 is 40.6 Å². The number of carbonyl (C=O) groups excluding carboxylic acids is 2. The Balaban J connectivity index is 1.73. The fourth-order valence-corrected chi connectivity index (χ4v) is 4.08. The molecule has 0 fully saturated rings. The molecule has 9 heteroatoms. The molecule has 0 aliphatic rings. The Morgan fingerprint density at radius 1 is 1.10 bits per heavy atom. The van der Waals surface area contributed by atoms with Gasteiger partial charge in [0, 0.05) is 16.3 Å². The monoisotopic (exact) mass is 452 g/mol. The number of anilines is 1. The first-order valence-electron chi connectivity index (χ1n) is 9.41. The summed E-state index contributed by atoms with van der Waals surface area (Å²) in [4.78, 5) is 30.5. The third-order valence-corrected chi connectivity index (χ3v) is 5.66. The Morgan fingerprint density at radius 3 is 2.55 bits per heavy atom. The van der Waals surface area contributed by atoms with Crippen molar-refractivity contribution in [1.82, 2.24) is 14.8 Å². The van der Waals surface area contributed by atoms with Crippen LogP contribution in [0.15, 0.2) is 66.9 Å². The molecule has 2 heterocycles. The van der Waals surface area contributed by atoms with Crippen LogP contribution in [0.3, 0.4) is 0 Å². The van der Waals surface area contributed by atoms with E-state index >= 15 is 0 Å². The molecule has 4 rings (SSSR count). The second kappa shape index (κ2) is 9.11. The topological polar surface area (TPSA) is 86.1 Å². The van der Waals surface area contributed by atoms with Crippen LogP contribution >= 0.6 is 22.9 Å². The van der Waals surface area contributed by atoms with E-state index in [9.17, 15) is 9.59 Å². The van der Waals surface area contributed by atoms with Gasteiger partial charge in [-0.05, 0) is 37.3 Å². The number of nitrogens with zero attached hydrogens (tertiary/aromatic N) is 3. The molecular formula is C22H17ClN4O3S. The van der Waals surface area contributed by atoms with Gasteiger partial charge in [-0.1, -0.05) is 41.9 Å². The quantitative estimate of drug-likeness (QED) is 0.399. The van der Waals surface area contributed by atoms with Gasteiger partial charge in [-0.3, -0.25) is 0 Å². The largest absolute Gasteiger partial charge is 0.461 e. The lowest BCUT2D eigenvalue weighted by atomic mass is 10.2. The van der Waals surface area contributed by atoms with Gasteiger partial charge in [0.15, 0.2) is 5.69 Å². The number of esters is 1. The zero-order valence-corrected chi connectivity index (χ0v) is 18.0. The SMILES string of the molecule is CCOC(=O)c1nc(-c2ccccc2)sc1-c1ccnn1C(=O)Nc1ccc(Cl)cc1. The maximum atomic E-state index is 12.9. The summed E-state index contributed by atoms with van der Waals surface area (Å²) in [6.45, 7) is 1.94. The fraction of sp³-hybridized carbons (Fsp3) is 0.0909. The number of rotatable bonds is 5. The van der Waals surface area contributed by atoms with Crippen molar-refractivity contribution < 1.29 is 14.3 Å². The van der Waals surface area contributed by atoms with E-state index in [4.69, 9.17) is 16.3 Å². The number of ether oxygens (including phenoxy) is 1. The number of hydrogen-bond acceptors (Lipinski definition) is 6. The van der Waals surface area contributed by atoms with Crippen molar-refractivity contribution in [3.63, 3.8) is 0 Å². The predicted octanol–water partition coefficient (Wildman–Crippen LogP) is 5.58. The first-order chi connectivity index (χ1) is 15.1. The molecule has 2 aromatic heterocycles. The van der Waals surface area contributed by atoms with Crippen molar-refractivity contribution in [2.24, 2.45) is 0 Å². The number of aromatic nitrogens is 3. The van der Waals surface area contributed by atoms with Gasteiger partial charge in [-0.25, -0.2) is 14.6 Å². The van der Waals surface area contributed by atoms with Crippen molar-refractivity contribution in [3.8, 4) is 21.1 Å². The molecule has 0 aliphatic carbocycles. The third kappa shape index (κ3) is 4.50. The lowest BCUT2D eigenvalue weighted by molar-refractivity contribution is 0.0521. The van der Waals surface area contributed by atoms with Crippen LogP contribution in [0.2, 0.25) is 5.02 Å². The summed E-state index contributed by atoms with van der Waals surface area (Å²) >= 11 is 7.19. The molecule has 4 aromatic rings. The summed E-state index contributed by atoms with van der Waals surface area (Å²) in [5.41, 5.74) is 2.01. The van der Waals surface area contributed by atoms with Crippen molar-refractivity contribution in [2.75, 3.05) is 11.9 Å². The molecule has 156 valence electrons. The molecule has 2 aromatic carbocycles. The van der Waals surface area contributed by atoms with E-state index in [-0.39, 0.29) is 12.3 Å². The van der Waals surface area contributed by atoms with Gasteiger partial charge in [-0.15, -0.1) is 11.3 Å². The lowest BCUT2D eigenvalue weighted by Crippen LogP contribution is -2.21. The summed E-state index contributed by atoms with van der Waals surface area (Å²) in [7, 11) is 0. The lowest BCUT2D eigenvalue weighted by Gasteiger charge is -2.08. The molecule has 1 amide bonds. The molecule has 0 bridgehead atoms. The molecule has 7 nitrogen and oxygen atoms in total. The molecule has 0 radical (unpaired) electrons. The molecule has 0 saturated heterocycles. The molecule has 31 heavy (non-hydrogen) atoms. The van der Waals surface area contributed by atoms with Gasteiger partial charge >= 0.3 is 12.0 Å². The second-order valence-electron chi connectivity index (χ2n) is 6.35. The van der Waals surface area contributed by atoms with E-state index in [2.05, 4.69) is 15.4 Å². The molecule has 1 N–H and O–H groups in total. The molecule has 0 spiro atoms. The van der Waals surface area contributed by atoms with Crippen LogP contribution in [0.1, 0.15) is 17.4 Å². The van der Waals surface area contributed by atoms with Crippen LogP contribution in [-0.2, 0) is 4.74 Å². The standard InChI is InChI=1S/C22H17ClN4O3S/c1-2-30-21(28)18-19(31-20(26-18)14-6-4-3-5-7-14)17-12-13-24-27(17)22(29)25-16-10-8-15(23)9-11-16/h3-13H,2H2,1H3,(H,25,29). The number of halogens is 1. The van der Waals surface area contributed by atoms with E-state index in [1.54, 1.807) is 37.3 Å².